The molecule has 63 heavy (non-hydrogen) atoms. The molecule has 0 bridgehead atoms. The number of nitrogens with zero attached hydrogens (tertiary/aromatic N) is 9. The highest BCUT2D eigenvalue weighted by Gasteiger charge is 2.67. The number of aryl methyl sites for hydroxylation is 1. The van der Waals surface area contributed by atoms with Gasteiger partial charge in [-0.1, -0.05) is 17.7 Å². The average molecular weight is 908 g/mol. The molecule has 0 aliphatic heterocycles. The van der Waals surface area contributed by atoms with Gasteiger partial charge in [0.2, 0.25) is 21.8 Å². The number of amides is 1. The molecular formula is C40H28ClF6N11O4S. The van der Waals surface area contributed by atoms with Crippen LogP contribution < -0.4 is 15.6 Å². The Morgan fingerprint density at radius 2 is 1.81 bits per heavy atom. The van der Waals surface area contributed by atoms with Crippen LogP contribution in [-0.2, 0) is 40.8 Å². The molecule has 7 aromatic rings. The van der Waals surface area contributed by atoms with Crippen LogP contribution >= 0.6 is 11.6 Å². The molecular weight excluding hydrogens is 880 g/mol. The van der Waals surface area contributed by atoms with Crippen LogP contribution in [0.2, 0.25) is 5.02 Å². The summed E-state index contributed by atoms with van der Waals surface area (Å²) in [6.45, 7) is -1.01. The molecule has 2 N–H and O–H groups in total. The van der Waals surface area contributed by atoms with Crippen LogP contribution in [0.15, 0.2) is 65.6 Å². The molecule has 1 fully saturated rings. The van der Waals surface area contributed by atoms with E-state index in [9.17, 15) is 40.8 Å². The van der Waals surface area contributed by atoms with Crippen LogP contribution in [0, 0.1) is 28.9 Å². The van der Waals surface area contributed by atoms with E-state index in [4.69, 9.17) is 16.6 Å². The molecule has 4 heterocycles. The smallest absolute Gasteiger partial charge is 0.293 e. The summed E-state index contributed by atoms with van der Waals surface area (Å²) in [4.78, 5) is 42.1. The molecule has 1 amide bonds. The largest absolute Gasteiger partial charge is 0.344 e. The predicted molar refractivity (Wildman–Crippen MR) is 214 cm³/mol. The van der Waals surface area contributed by atoms with Gasteiger partial charge in [0, 0.05) is 42.8 Å². The Bertz CT molecular complexity index is 3290. The van der Waals surface area contributed by atoms with E-state index in [0.29, 0.717) is 16.3 Å². The summed E-state index contributed by atoms with van der Waals surface area (Å²) in [7, 11) is -2.50. The number of alkyl halides is 4. The van der Waals surface area contributed by atoms with E-state index < -0.39 is 87.7 Å². The first kappa shape index (κ1) is 41.5. The van der Waals surface area contributed by atoms with Gasteiger partial charge in [-0.05, 0) is 60.4 Å². The van der Waals surface area contributed by atoms with Gasteiger partial charge in [0.25, 0.3) is 17.9 Å². The second kappa shape index (κ2) is 14.9. The van der Waals surface area contributed by atoms with Crippen molar-refractivity contribution in [3.8, 4) is 23.0 Å². The monoisotopic (exact) mass is 907 g/mol. The Kier molecular flexibility index (Phi) is 9.81. The van der Waals surface area contributed by atoms with Gasteiger partial charge in [-0.2, -0.15) is 24.2 Å². The number of carbonyl (C=O) groups is 1. The number of benzene rings is 3. The summed E-state index contributed by atoms with van der Waals surface area (Å²) in [5.41, 5.74) is -2.16. The SMILES string of the molecule is Cn1nc(NS(C)(=O)=O)c2c(Cl)ccc(-n3c([C@H](Cc4cc(F)cc(F)c4)NC(=O)Cn4nc(C(F)F)c5c4C(F)(F)[C@@H]4C[C@H]54)nc4cc(-c5ccnc(C#N)n5)ccc4c3=O)c21. The van der Waals surface area contributed by atoms with Gasteiger partial charge < -0.3 is 5.32 Å². The van der Waals surface area contributed by atoms with Crippen molar-refractivity contribution in [2.24, 2.45) is 13.0 Å². The predicted octanol–water partition coefficient (Wildman–Crippen LogP) is 6.35. The third kappa shape index (κ3) is 7.29. The van der Waals surface area contributed by atoms with E-state index in [0.717, 1.165) is 23.0 Å². The molecule has 9 rings (SSSR count). The minimum atomic E-state index is -3.93. The van der Waals surface area contributed by atoms with Crippen LogP contribution in [-0.4, -0.2) is 59.7 Å². The number of anilines is 1. The number of halogens is 7. The lowest BCUT2D eigenvalue weighted by Gasteiger charge is -2.24. The summed E-state index contributed by atoms with van der Waals surface area (Å²) in [6, 6.07) is 11.4. The first-order chi connectivity index (χ1) is 29.8. The van der Waals surface area contributed by atoms with Crippen molar-refractivity contribution >= 4 is 55.2 Å². The number of fused-ring (bicyclic) bond motifs is 5. The first-order valence-corrected chi connectivity index (χ1v) is 21.0. The molecule has 0 saturated heterocycles. The average Bonchev–Trinajstić information content (AvgIpc) is 3.75. The number of carbonyl (C=O) groups excluding carboxylic acids is 1. The maximum Gasteiger partial charge on any atom is 0.293 e. The lowest BCUT2D eigenvalue weighted by atomic mass is 10.0. The van der Waals surface area contributed by atoms with Gasteiger partial charge in [0.15, 0.2) is 5.82 Å². The van der Waals surface area contributed by atoms with Crippen molar-refractivity contribution in [2.75, 3.05) is 11.0 Å². The summed E-state index contributed by atoms with van der Waals surface area (Å²) >= 11 is 6.62. The molecule has 0 spiro atoms. The van der Waals surface area contributed by atoms with Gasteiger partial charge in [-0.25, -0.2) is 40.9 Å². The van der Waals surface area contributed by atoms with E-state index in [-0.39, 0.29) is 73.2 Å². The molecule has 2 aliphatic rings. The Labute approximate surface area is 356 Å². The van der Waals surface area contributed by atoms with Crippen molar-refractivity contribution < 1.29 is 39.6 Å². The molecule has 3 atom stereocenters. The van der Waals surface area contributed by atoms with Crippen molar-refractivity contribution in [3.63, 3.8) is 0 Å². The maximum absolute atomic E-state index is 15.5. The molecule has 3 aromatic carbocycles. The molecule has 322 valence electrons. The number of nitrogens with one attached hydrogen (secondary N) is 2. The van der Waals surface area contributed by atoms with Crippen molar-refractivity contribution in [1.82, 2.24) is 44.4 Å². The summed E-state index contributed by atoms with van der Waals surface area (Å²) in [6.07, 6.45) is -1.51. The second-order valence-electron chi connectivity index (χ2n) is 15.1. The Morgan fingerprint density at radius 3 is 2.51 bits per heavy atom. The number of sulfonamides is 1. The zero-order chi connectivity index (χ0) is 44.9. The lowest BCUT2D eigenvalue weighted by molar-refractivity contribution is -0.123. The number of nitriles is 1. The lowest BCUT2D eigenvalue weighted by Crippen LogP contribution is -2.38. The summed E-state index contributed by atoms with van der Waals surface area (Å²) < 4.78 is 119. The summed E-state index contributed by atoms with van der Waals surface area (Å²) in [5.74, 6) is -9.40. The van der Waals surface area contributed by atoms with Crippen LogP contribution in [0.5, 0.6) is 0 Å². The standard InChI is InChI=1S/C40H28ClF6N11O4S/c1-56-34-28(6-5-24(41)32(34)37(54-56)55-63(2,61)62)58-38(52-26-12-18(3-4-21(26)39(58)60)25-7-8-49-29(15-48)50-25)27(11-17-9-19(42)13-20(43)10-17)51-30(59)16-57-35-31(33(53-57)36(44)45)22-14-23(22)40(35,46)47/h3-10,12-13,22-23,27,36H,11,14,16H2,1-2H3,(H,51,59)(H,54,55)/t22-,23+,27-/m0/s1. The minimum absolute atomic E-state index is 0.00651. The van der Waals surface area contributed by atoms with Gasteiger partial charge in [0.05, 0.1) is 50.5 Å². The van der Waals surface area contributed by atoms with Gasteiger partial charge in [-0.15, -0.1) is 0 Å². The normalized spacial score (nSPS) is 16.8. The third-order valence-electron chi connectivity index (χ3n) is 10.9. The van der Waals surface area contributed by atoms with E-state index in [1.807, 2.05) is 6.07 Å². The molecule has 23 heteroatoms. The zero-order valence-electron chi connectivity index (χ0n) is 32.4. The molecule has 0 radical (unpaired) electrons. The fourth-order valence-electron chi connectivity index (χ4n) is 8.31. The Morgan fingerprint density at radius 1 is 1.06 bits per heavy atom. The molecule has 15 nitrogen and oxygen atoms in total. The van der Waals surface area contributed by atoms with Crippen LogP contribution in [0.1, 0.15) is 59.0 Å². The molecule has 4 aromatic heterocycles. The van der Waals surface area contributed by atoms with E-state index >= 15 is 8.78 Å². The highest BCUT2D eigenvalue weighted by Crippen LogP contribution is 2.68. The quantitative estimate of drug-likeness (QED) is 0.138. The minimum Gasteiger partial charge on any atom is -0.344 e. The van der Waals surface area contributed by atoms with Gasteiger partial charge in [-0.3, -0.25) is 28.2 Å². The van der Waals surface area contributed by atoms with Crippen molar-refractivity contribution in [3.05, 3.63) is 122 Å². The van der Waals surface area contributed by atoms with E-state index in [1.165, 1.54) is 54.3 Å². The fraction of sp³-hybridized carbons (Fsp3) is 0.250. The van der Waals surface area contributed by atoms with Crippen LogP contribution in [0.4, 0.5) is 32.2 Å². The molecule has 1 saturated carbocycles. The van der Waals surface area contributed by atoms with E-state index in [1.54, 1.807) is 0 Å². The van der Waals surface area contributed by atoms with E-state index in [2.05, 4.69) is 30.2 Å². The molecule has 2 aliphatic carbocycles. The van der Waals surface area contributed by atoms with Crippen LogP contribution in [0.3, 0.4) is 0 Å². The van der Waals surface area contributed by atoms with Gasteiger partial charge >= 0.3 is 0 Å². The van der Waals surface area contributed by atoms with Crippen molar-refractivity contribution in [1.29, 1.82) is 5.26 Å². The Balaban J connectivity index is 1.26. The highest BCUT2D eigenvalue weighted by molar-refractivity contribution is 7.92. The highest BCUT2D eigenvalue weighted by atomic mass is 35.5. The molecule has 0 unspecified atom stereocenters. The topological polar surface area (TPSA) is 195 Å². The second-order valence-corrected chi connectivity index (χ2v) is 17.3. The fourth-order valence-corrected chi connectivity index (χ4v) is 9.05. The number of aromatic nitrogens is 8. The Hall–Kier alpha value is -6.86. The number of rotatable bonds is 11. The van der Waals surface area contributed by atoms with Crippen molar-refractivity contribution in [2.45, 2.75) is 43.7 Å². The number of hydrogen-bond donors (Lipinski definition) is 2. The number of hydrogen-bond acceptors (Lipinski definition) is 10. The van der Waals surface area contributed by atoms with Gasteiger partial charge in [0.1, 0.15) is 41.5 Å². The zero-order valence-corrected chi connectivity index (χ0v) is 34.0. The summed E-state index contributed by atoms with van der Waals surface area (Å²) in [5, 5.41) is 20.1. The maximum atomic E-state index is 15.5. The first-order valence-electron chi connectivity index (χ1n) is 18.8. The van der Waals surface area contributed by atoms with Crippen LogP contribution in [0.25, 0.3) is 38.8 Å². The third-order valence-corrected chi connectivity index (χ3v) is 11.7.